The summed E-state index contributed by atoms with van der Waals surface area (Å²) >= 11 is 0. The molecule has 4 heterocycles. The number of hydrogen-bond acceptors (Lipinski definition) is 8. The van der Waals surface area contributed by atoms with Gasteiger partial charge in [0.2, 0.25) is 11.4 Å². The molecule has 4 aromatic heterocycles. The second-order valence-corrected chi connectivity index (χ2v) is 5.72. The average molecular weight is 362 g/mol. The lowest BCUT2D eigenvalue weighted by atomic mass is 10.2. The molecule has 5 aromatic rings. The van der Waals surface area contributed by atoms with Gasteiger partial charge in [0.25, 0.3) is 5.56 Å². The molecule has 0 bridgehead atoms. The molecule has 1 aromatic carbocycles. The van der Waals surface area contributed by atoms with E-state index >= 15 is 0 Å². The Bertz CT molecular complexity index is 1400. The summed E-state index contributed by atoms with van der Waals surface area (Å²) in [5.41, 5.74) is 0.673. The van der Waals surface area contributed by atoms with Gasteiger partial charge in [0.1, 0.15) is 16.9 Å². The minimum Gasteiger partial charge on any atom is -0.449 e. The van der Waals surface area contributed by atoms with Crippen molar-refractivity contribution in [2.24, 2.45) is 0 Å². The summed E-state index contributed by atoms with van der Waals surface area (Å²) in [6.45, 7) is -0.0688. The van der Waals surface area contributed by atoms with Gasteiger partial charge in [-0.3, -0.25) is 9.32 Å². The summed E-state index contributed by atoms with van der Waals surface area (Å²) in [7, 11) is 0. The van der Waals surface area contributed by atoms with Crippen molar-refractivity contribution >= 4 is 22.1 Å². The maximum Gasteiger partial charge on any atom is 0.442 e. The van der Waals surface area contributed by atoms with E-state index in [1.165, 1.54) is 17.0 Å². The molecule has 0 amide bonds. The van der Waals surface area contributed by atoms with Crippen molar-refractivity contribution in [1.29, 1.82) is 0 Å². The Morgan fingerprint density at radius 3 is 2.74 bits per heavy atom. The van der Waals surface area contributed by atoms with E-state index in [2.05, 4.69) is 25.1 Å². The Morgan fingerprint density at radius 2 is 1.89 bits per heavy atom. The first-order valence-corrected chi connectivity index (χ1v) is 7.95. The first-order chi connectivity index (χ1) is 13.2. The minimum absolute atomic E-state index is 0.0688. The fourth-order valence-electron chi connectivity index (χ4n) is 2.85. The minimum atomic E-state index is -0.711. The molecule has 0 radical (unpaired) electrons. The molecule has 10 nitrogen and oxygen atoms in total. The van der Waals surface area contributed by atoms with E-state index in [0.29, 0.717) is 16.5 Å². The third-order valence-corrected chi connectivity index (χ3v) is 4.04. The molecule has 0 saturated heterocycles. The van der Waals surface area contributed by atoms with Crippen molar-refractivity contribution in [3.05, 3.63) is 69.5 Å². The van der Waals surface area contributed by atoms with Crippen LogP contribution in [0.2, 0.25) is 0 Å². The number of nitrogens with zero attached hydrogens (tertiary/aromatic N) is 5. The molecule has 5 rings (SSSR count). The highest BCUT2D eigenvalue weighted by atomic mass is 16.5. The summed E-state index contributed by atoms with van der Waals surface area (Å²) in [4.78, 5) is 39.7. The summed E-state index contributed by atoms with van der Waals surface area (Å²) in [5, 5.41) is 4.43. The van der Waals surface area contributed by atoms with Crippen molar-refractivity contribution < 1.29 is 8.94 Å². The van der Waals surface area contributed by atoms with Crippen LogP contribution in [0.3, 0.4) is 0 Å². The van der Waals surface area contributed by atoms with Crippen molar-refractivity contribution in [2.45, 2.75) is 6.54 Å². The van der Waals surface area contributed by atoms with Gasteiger partial charge in [-0.2, -0.15) is 0 Å². The zero-order chi connectivity index (χ0) is 18.4. The van der Waals surface area contributed by atoms with Crippen LogP contribution in [0.25, 0.3) is 33.7 Å². The molecule has 0 aliphatic heterocycles. The Hall–Kier alpha value is -4.08. The number of para-hydroxylation sites is 1. The molecule has 0 fully saturated rings. The molecular formula is C17H10N6O4. The zero-order valence-corrected chi connectivity index (χ0v) is 13.6. The highest BCUT2D eigenvalue weighted by Crippen LogP contribution is 2.24. The van der Waals surface area contributed by atoms with E-state index in [1.807, 2.05) is 18.2 Å². The van der Waals surface area contributed by atoms with Crippen LogP contribution in [-0.2, 0) is 6.54 Å². The van der Waals surface area contributed by atoms with Crippen molar-refractivity contribution in [3.8, 4) is 11.6 Å². The van der Waals surface area contributed by atoms with E-state index in [1.54, 1.807) is 12.1 Å². The molecule has 10 heteroatoms. The number of benzene rings is 1. The van der Waals surface area contributed by atoms with Crippen LogP contribution < -0.4 is 11.3 Å². The lowest BCUT2D eigenvalue weighted by molar-refractivity contribution is 0.377. The Balaban J connectivity index is 1.66. The first-order valence-electron chi connectivity index (χ1n) is 7.95. The van der Waals surface area contributed by atoms with Crippen molar-refractivity contribution in [2.75, 3.05) is 0 Å². The second kappa shape index (κ2) is 5.73. The number of H-pyrrole nitrogens is 1. The van der Waals surface area contributed by atoms with Crippen molar-refractivity contribution in [3.63, 3.8) is 0 Å². The number of rotatable bonds is 3. The number of aromatic amines is 1. The number of hydrogen-bond donors (Lipinski definition) is 1. The van der Waals surface area contributed by atoms with E-state index in [-0.39, 0.29) is 29.6 Å². The van der Waals surface area contributed by atoms with Crippen LogP contribution in [0, 0.1) is 0 Å². The normalized spacial score (nSPS) is 11.4. The maximum absolute atomic E-state index is 12.4. The van der Waals surface area contributed by atoms with Crippen LogP contribution >= 0.6 is 0 Å². The van der Waals surface area contributed by atoms with Gasteiger partial charge in [0.15, 0.2) is 5.82 Å². The van der Waals surface area contributed by atoms with Gasteiger partial charge in [-0.15, -0.1) is 0 Å². The number of aromatic nitrogens is 6. The van der Waals surface area contributed by atoms with E-state index in [0.717, 1.165) is 0 Å². The van der Waals surface area contributed by atoms with Crippen LogP contribution in [0.15, 0.2) is 61.3 Å². The zero-order valence-electron chi connectivity index (χ0n) is 13.6. The van der Waals surface area contributed by atoms with Gasteiger partial charge in [0, 0.05) is 17.8 Å². The highest BCUT2D eigenvalue weighted by Gasteiger charge is 2.18. The standard InChI is InChI=1S/C17H10N6O4/c24-16-13-12(9-4-1-2-5-10(9)26-13)20-11(21-16)8-23-15(22-27-17(23)25)14-18-6-3-7-19-14/h1-7H,8H2,(H,20,21,24). The average Bonchev–Trinajstić information content (AvgIpc) is 3.24. The second-order valence-electron chi connectivity index (χ2n) is 5.72. The predicted molar refractivity (Wildman–Crippen MR) is 93.0 cm³/mol. The quantitative estimate of drug-likeness (QED) is 0.508. The van der Waals surface area contributed by atoms with Gasteiger partial charge >= 0.3 is 5.76 Å². The Kier molecular flexibility index (Phi) is 3.22. The molecule has 27 heavy (non-hydrogen) atoms. The number of fused-ring (bicyclic) bond motifs is 3. The Morgan fingerprint density at radius 1 is 1.07 bits per heavy atom. The summed E-state index contributed by atoms with van der Waals surface area (Å²) in [6.07, 6.45) is 3.05. The third-order valence-electron chi connectivity index (χ3n) is 4.04. The van der Waals surface area contributed by atoms with Crippen LogP contribution in [0.5, 0.6) is 0 Å². The number of nitrogens with one attached hydrogen (secondary N) is 1. The SMILES string of the molecule is O=c1[nH]c(Cn2c(-c3ncccn3)noc2=O)nc2c1oc1ccccc12. The predicted octanol–water partition coefficient (Wildman–Crippen LogP) is 1.32. The summed E-state index contributed by atoms with van der Waals surface area (Å²) in [5.74, 6) is -0.0975. The van der Waals surface area contributed by atoms with E-state index < -0.39 is 11.3 Å². The van der Waals surface area contributed by atoms with Gasteiger partial charge in [-0.25, -0.2) is 24.3 Å². The van der Waals surface area contributed by atoms with Gasteiger partial charge < -0.3 is 9.40 Å². The lowest BCUT2D eigenvalue weighted by Crippen LogP contribution is -2.21. The maximum atomic E-state index is 12.4. The molecule has 0 saturated carbocycles. The lowest BCUT2D eigenvalue weighted by Gasteiger charge is -2.03. The fourth-order valence-corrected chi connectivity index (χ4v) is 2.85. The van der Waals surface area contributed by atoms with Gasteiger partial charge in [-0.1, -0.05) is 17.3 Å². The van der Waals surface area contributed by atoms with Gasteiger partial charge in [-0.05, 0) is 18.2 Å². The fraction of sp³-hybridized carbons (Fsp3) is 0.0588. The highest BCUT2D eigenvalue weighted by molar-refractivity contribution is 6.01. The molecule has 0 aliphatic rings. The molecule has 132 valence electrons. The van der Waals surface area contributed by atoms with E-state index in [9.17, 15) is 9.59 Å². The summed E-state index contributed by atoms with van der Waals surface area (Å²) < 4.78 is 11.5. The molecule has 0 aliphatic carbocycles. The molecule has 0 unspecified atom stereocenters. The molecule has 0 spiro atoms. The largest absolute Gasteiger partial charge is 0.449 e. The molecular weight excluding hydrogens is 352 g/mol. The van der Waals surface area contributed by atoms with Crippen molar-refractivity contribution in [1.82, 2.24) is 29.7 Å². The van der Waals surface area contributed by atoms with E-state index in [4.69, 9.17) is 8.94 Å². The third kappa shape index (κ3) is 2.42. The van der Waals surface area contributed by atoms with Crippen LogP contribution in [-0.4, -0.2) is 29.7 Å². The van der Waals surface area contributed by atoms with Crippen LogP contribution in [0.1, 0.15) is 5.82 Å². The molecule has 1 N–H and O–H groups in total. The van der Waals surface area contributed by atoms with Gasteiger partial charge in [0.05, 0.1) is 6.54 Å². The van der Waals surface area contributed by atoms with Crippen LogP contribution in [0.4, 0.5) is 0 Å². The smallest absolute Gasteiger partial charge is 0.442 e. The Labute approximate surface area is 149 Å². The number of furan rings is 1. The topological polar surface area (TPSA) is 133 Å². The molecule has 0 atom stereocenters. The first kappa shape index (κ1) is 15.2. The summed E-state index contributed by atoms with van der Waals surface area (Å²) in [6, 6.07) is 8.85. The monoisotopic (exact) mass is 362 g/mol.